The minimum Gasteiger partial charge on any atom is -0.337 e. The summed E-state index contributed by atoms with van der Waals surface area (Å²) in [5.41, 5.74) is 3.22. The van der Waals surface area contributed by atoms with Crippen LogP contribution in [0, 0.1) is 0 Å². The van der Waals surface area contributed by atoms with Crippen molar-refractivity contribution in [3.8, 4) is 0 Å². The second-order valence-corrected chi connectivity index (χ2v) is 7.81. The van der Waals surface area contributed by atoms with Crippen LogP contribution < -0.4 is 5.32 Å². The summed E-state index contributed by atoms with van der Waals surface area (Å²) >= 11 is 7.55. The molecule has 0 radical (unpaired) electrons. The maximum atomic E-state index is 12.8. The molecule has 0 fully saturated rings. The molecule has 144 valence electrons. The number of carbonyl (C=O) groups excluding carboxylic acids is 2. The molecular formula is C22H21ClN2O2S. The van der Waals surface area contributed by atoms with Crippen molar-refractivity contribution in [3.05, 3.63) is 86.6 Å². The van der Waals surface area contributed by atoms with Gasteiger partial charge in [0.2, 0.25) is 0 Å². The highest BCUT2D eigenvalue weighted by Crippen LogP contribution is 2.25. The van der Waals surface area contributed by atoms with Gasteiger partial charge in [-0.15, -0.1) is 11.3 Å². The van der Waals surface area contributed by atoms with Crippen LogP contribution in [-0.4, -0.2) is 23.8 Å². The van der Waals surface area contributed by atoms with Gasteiger partial charge in [0.15, 0.2) is 0 Å². The molecule has 3 rings (SSSR count). The topological polar surface area (TPSA) is 49.4 Å². The Morgan fingerprint density at radius 1 is 1.07 bits per heavy atom. The molecule has 0 atom stereocenters. The number of anilines is 1. The molecule has 0 bridgehead atoms. The molecule has 0 aliphatic carbocycles. The highest BCUT2D eigenvalue weighted by atomic mass is 35.5. The number of nitrogens with zero attached hydrogens (tertiary/aromatic N) is 1. The van der Waals surface area contributed by atoms with Gasteiger partial charge in [0, 0.05) is 19.2 Å². The molecular weight excluding hydrogens is 392 g/mol. The van der Waals surface area contributed by atoms with Crippen molar-refractivity contribution in [2.24, 2.45) is 0 Å². The predicted octanol–water partition coefficient (Wildman–Crippen LogP) is 5.49. The standard InChI is InChI=1S/C22H21ClN2O2S/c1-3-15-6-8-16(9-7-15)14-25(2)22(27)17-10-11-18(23)19(13-17)24-21(26)20-5-4-12-28-20/h4-13H,3,14H2,1-2H3,(H,24,26). The maximum Gasteiger partial charge on any atom is 0.265 e. The lowest BCUT2D eigenvalue weighted by molar-refractivity contribution is 0.0785. The van der Waals surface area contributed by atoms with Crippen LogP contribution in [0.25, 0.3) is 0 Å². The Kier molecular flexibility index (Phi) is 6.49. The van der Waals surface area contributed by atoms with Crippen molar-refractivity contribution >= 4 is 40.4 Å². The first-order valence-electron chi connectivity index (χ1n) is 8.95. The van der Waals surface area contributed by atoms with Gasteiger partial charge in [0.05, 0.1) is 15.6 Å². The van der Waals surface area contributed by atoms with Crippen LogP contribution in [0.4, 0.5) is 5.69 Å². The fourth-order valence-electron chi connectivity index (χ4n) is 2.79. The lowest BCUT2D eigenvalue weighted by Gasteiger charge is -2.18. The van der Waals surface area contributed by atoms with E-state index in [1.807, 2.05) is 23.6 Å². The van der Waals surface area contributed by atoms with Gasteiger partial charge < -0.3 is 10.2 Å². The molecule has 2 aromatic carbocycles. The Morgan fingerprint density at radius 3 is 2.43 bits per heavy atom. The fourth-order valence-corrected chi connectivity index (χ4v) is 3.58. The van der Waals surface area contributed by atoms with E-state index in [0.717, 1.165) is 12.0 Å². The minimum absolute atomic E-state index is 0.136. The average molecular weight is 413 g/mol. The van der Waals surface area contributed by atoms with Gasteiger partial charge in [0.1, 0.15) is 0 Å². The van der Waals surface area contributed by atoms with Gasteiger partial charge in [-0.05, 0) is 47.2 Å². The summed E-state index contributed by atoms with van der Waals surface area (Å²) in [5, 5.41) is 5.00. The zero-order chi connectivity index (χ0) is 20.1. The Balaban J connectivity index is 1.72. The van der Waals surface area contributed by atoms with Crippen molar-refractivity contribution in [1.82, 2.24) is 4.90 Å². The van der Waals surface area contributed by atoms with Gasteiger partial charge in [-0.2, -0.15) is 0 Å². The molecule has 0 unspecified atom stereocenters. The molecule has 6 heteroatoms. The lowest BCUT2D eigenvalue weighted by Crippen LogP contribution is -2.26. The van der Waals surface area contributed by atoms with E-state index in [-0.39, 0.29) is 11.8 Å². The Morgan fingerprint density at radius 2 is 1.79 bits per heavy atom. The number of hydrogen-bond acceptors (Lipinski definition) is 3. The SMILES string of the molecule is CCc1ccc(CN(C)C(=O)c2ccc(Cl)c(NC(=O)c3cccs3)c2)cc1. The second kappa shape index (κ2) is 9.04. The van der Waals surface area contributed by atoms with E-state index in [1.54, 1.807) is 36.2 Å². The van der Waals surface area contributed by atoms with Crippen LogP contribution in [-0.2, 0) is 13.0 Å². The first kappa shape index (κ1) is 20.1. The number of thiophene rings is 1. The highest BCUT2D eigenvalue weighted by Gasteiger charge is 2.16. The monoisotopic (exact) mass is 412 g/mol. The second-order valence-electron chi connectivity index (χ2n) is 6.46. The molecule has 0 saturated carbocycles. The summed E-state index contributed by atoms with van der Waals surface area (Å²) in [6, 6.07) is 16.7. The number of benzene rings is 2. The fraction of sp³-hybridized carbons (Fsp3) is 0.182. The van der Waals surface area contributed by atoms with Crippen molar-refractivity contribution in [2.75, 3.05) is 12.4 Å². The zero-order valence-electron chi connectivity index (χ0n) is 15.7. The van der Waals surface area contributed by atoms with Gasteiger partial charge in [-0.1, -0.05) is 48.9 Å². The molecule has 0 aliphatic heterocycles. The van der Waals surface area contributed by atoms with Crippen molar-refractivity contribution < 1.29 is 9.59 Å². The van der Waals surface area contributed by atoms with E-state index in [9.17, 15) is 9.59 Å². The summed E-state index contributed by atoms with van der Waals surface area (Å²) in [6.45, 7) is 2.61. The predicted molar refractivity (Wildman–Crippen MR) is 115 cm³/mol. The van der Waals surface area contributed by atoms with E-state index in [0.29, 0.717) is 27.7 Å². The third-order valence-corrected chi connectivity index (χ3v) is 5.60. The molecule has 0 aliphatic rings. The van der Waals surface area contributed by atoms with E-state index in [2.05, 4.69) is 24.4 Å². The molecule has 0 spiro atoms. The van der Waals surface area contributed by atoms with Crippen LogP contribution in [0.2, 0.25) is 5.02 Å². The summed E-state index contributed by atoms with van der Waals surface area (Å²) in [5.74, 6) is -0.381. The summed E-state index contributed by atoms with van der Waals surface area (Å²) in [7, 11) is 1.76. The molecule has 1 heterocycles. The number of aryl methyl sites for hydroxylation is 1. The van der Waals surface area contributed by atoms with E-state index in [4.69, 9.17) is 11.6 Å². The first-order valence-corrected chi connectivity index (χ1v) is 10.2. The van der Waals surface area contributed by atoms with Crippen molar-refractivity contribution in [3.63, 3.8) is 0 Å². The molecule has 1 N–H and O–H groups in total. The Bertz CT molecular complexity index is 969. The Hall–Kier alpha value is -2.63. The number of halogens is 1. The van der Waals surface area contributed by atoms with E-state index < -0.39 is 0 Å². The number of hydrogen-bond donors (Lipinski definition) is 1. The number of carbonyl (C=O) groups is 2. The van der Waals surface area contributed by atoms with Crippen LogP contribution >= 0.6 is 22.9 Å². The zero-order valence-corrected chi connectivity index (χ0v) is 17.3. The quantitative estimate of drug-likeness (QED) is 0.582. The molecule has 1 aromatic heterocycles. The normalized spacial score (nSPS) is 10.5. The van der Waals surface area contributed by atoms with Gasteiger partial charge >= 0.3 is 0 Å². The van der Waals surface area contributed by atoms with Crippen LogP contribution in [0.15, 0.2) is 60.0 Å². The highest BCUT2D eigenvalue weighted by molar-refractivity contribution is 7.12. The summed E-state index contributed by atoms with van der Waals surface area (Å²) in [6.07, 6.45) is 0.986. The summed E-state index contributed by atoms with van der Waals surface area (Å²) in [4.78, 5) is 27.3. The van der Waals surface area contributed by atoms with Gasteiger partial charge in [-0.3, -0.25) is 9.59 Å². The number of nitrogens with one attached hydrogen (secondary N) is 1. The lowest BCUT2D eigenvalue weighted by atomic mass is 10.1. The third kappa shape index (κ3) is 4.80. The van der Waals surface area contributed by atoms with Crippen molar-refractivity contribution in [2.45, 2.75) is 19.9 Å². The molecule has 4 nitrogen and oxygen atoms in total. The minimum atomic E-state index is -0.245. The maximum absolute atomic E-state index is 12.8. The number of rotatable bonds is 6. The molecule has 3 aromatic rings. The largest absolute Gasteiger partial charge is 0.337 e. The van der Waals surface area contributed by atoms with Crippen LogP contribution in [0.1, 0.15) is 38.1 Å². The van der Waals surface area contributed by atoms with Crippen LogP contribution in [0.5, 0.6) is 0 Å². The molecule has 0 saturated heterocycles. The molecule has 2 amide bonds. The molecule has 28 heavy (non-hydrogen) atoms. The smallest absolute Gasteiger partial charge is 0.265 e. The van der Waals surface area contributed by atoms with E-state index >= 15 is 0 Å². The van der Waals surface area contributed by atoms with Gasteiger partial charge in [-0.25, -0.2) is 0 Å². The van der Waals surface area contributed by atoms with Crippen molar-refractivity contribution in [1.29, 1.82) is 0 Å². The first-order chi connectivity index (χ1) is 13.5. The average Bonchev–Trinajstić information content (AvgIpc) is 3.24. The third-order valence-electron chi connectivity index (χ3n) is 4.40. The van der Waals surface area contributed by atoms with Gasteiger partial charge in [0.25, 0.3) is 11.8 Å². The summed E-state index contributed by atoms with van der Waals surface area (Å²) < 4.78 is 0. The van der Waals surface area contributed by atoms with E-state index in [1.165, 1.54) is 16.9 Å². The Labute approximate surface area is 173 Å². The number of amides is 2. The van der Waals surface area contributed by atoms with Crippen LogP contribution in [0.3, 0.4) is 0 Å².